The van der Waals surface area contributed by atoms with Crippen LogP contribution in [0.4, 0.5) is 11.4 Å². The van der Waals surface area contributed by atoms with Crippen LogP contribution in [0.25, 0.3) is 0 Å². The molecule has 0 atom stereocenters. The molecule has 2 rings (SSSR count). The van der Waals surface area contributed by atoms with Gasteiger partial charge in [0, 0.05) is 29.5 Å². The van der Waals surface area contributed by atoms with Crippen LogP contribution in [0, 0.1) is 0 Å². The molecular formula is C12H18N2OS. The molecule has 1 aromatic rings. The summed E-state index contributed by atoms with van der Waals surface area (Å²) in [6, 6.07) is 6.37. The van der Waals surface area contributed by atoms with E-state index in [4.69, 9.17) is 10.5 Å². The monoisotopic (exact) mass is 238 g/mol. The maximum atomic E-state index is 5.82. The second-order valence-corrected chi connectivity index (χ2v) is 5.25. The van der Waals surface area contributed by atoms with Gasteiger partial charge in [0.15, 0.2) is 0 Å². The highest BCUT2D eigenvalue weighted by molar-refractivity contribution is 7.99. The third-order valence-electron chi connectivity index (χ3n) is 2.76. The van der Waals surface area contributed by atoms with E-state index in [0.29, 0.717) is 6.04 Å². The van der Waals surface area contributed by atoms with Gasteiger partial charge in [0.05, 0.1) is 7.11 Å². The van der Waals surface area contributed by atoms with Crippen LogP contribution in [0.15, 0.2) is 18.2 Å². The van der Waals surface area contributed by atoms with Crippen molar-refractivity contribution in [2.45, 2.75) is 18.9 Å². The van der Waals surface area contributed by atoms with Gasteiger partial charge in [-0.15, -0.1) is 0 Å². The molecule has 1 aliphatic heterocycles. The Balaban J connectivity index is 2.04. The highest BCUT2D eigenvalue weighted by Crippen LogP contribution is 2.25. The summed E-state index contributed by atoms with van der Waals surface area (Å²) < 4.78 is 5.20. The Labute approximate surface area is 101 Å². The smallest absolute Gasteiger partial charge is 0.122 e. The van der Waals surface area contributed by atoms with Crippen molar-refractivity contribution in [2.75, 3.05) is 29.7 Å². The maximum absolute atomic E-state index is 5.82. The first-order valence-electron chi connectivity index (χ1n) is 5.57. The molecule has 0 spiro atoms. The number of hydrogen-bond acceptors (Lipinski definition) is 4. The number of benzene rings is 1. The highest BCUT2D eigenvalue weighted by Gasteiger charge is 2.13. The molecule has 0 radical (unpaired) electrons. The van der Waals surface area contributed by atoms with Gasteiger partial charge in [0.25, 0.3) is 0 Å². The van der Waals surface area contributed by atoms with Crippen molar-refractivity contribution in [3.63, 3.8) is 0 Å². The summed E-state index contributed by atoms with van der Waals surface area (Å²) in [5.74, 6) is 3.31. The first kappa shape index (κ1) is 11.5. The van der Waals surface area contributed by atoms with Crippen molar-refractivity contribution in [1.29, 1.82) is 0 Å². The fourth-order valence-electron chi connectivity index (χ4n) is 1.90. The molecule has 1 heterocycles. The molecule has 4 heteroatoms. The number of anilines is 2. The molecule has 3 nitrogen and oxygen atoms in total. The third kappa shape index (κ3) is 2.98. The summed E-state index contributed by atoms with van der Waals surface area (Å²) in [5, 5.41) is 3.52. The molecular weight excluding hydrogens is 220 g/mol. The van der Waals surface area contributed by atoms with E-state index in [1.807, 2.05) is 30.0 Å². The fourth-order valence-corrected chi connectivity index (χ4v) is 3.01. The quantitative estimate of drug-likeness (QED) is 0.795. The predicted molar refractivity (Wildman–Crippen MR) is 71.4 cm³/mol. The SMILES string of the molecule is COc1cc(N)cc(NC2CCSCC2)c1. The Morgan fingerprint density at radius 3 is 2.75 bits per heavy atom. The van der Waals surface area contributed by atoms with E-state index in [9.17, 15) is 0 Å². The zero-order valence-corrected chi connectivity index (χ0v) is 10.3. The number of nitrogen functional groups attached to an aromatic ring is 1. The first-order chi connectivity index (χ1) is 7.78. The van der Waals surface area contributed by atoms with Gasteiger partial charge >= 0.3 is 0 Å². The number of nitrogens with one attached hydrogen (secondary N) is 1. The number of hydrogen-bond donors (Lipinski definition) is 2. The molecule has 1 fully saturated rings. The molecule has 3 N–H and O–H groups in total. The molecule has 88 valence electrons. The van der Waals surface area contributed by atoms with Crippen molar-refractivity contribution in [3.8, 4) is 5.75 Å². The highest BCUT2D eigenvalue weighted by atomic mass is 32.2. The van der Waals surface area contributed by atoms with Crippen LogP contribution in [-0.4, -0.2) is 24.7 Å². The van der Waals surface area contributed by atoms with Gasteiger partial charge in [0.1, 0.15) is 5.75 Å². The molecule has 0 amide bonds. The van der Waals surface area contributed by atoms with Crippen LogP contribution < -0.4 is 15.8 Å². The minimum absolute atomic E-state index is 0.577. The summed E-state index contributed by atoms with van der Waals surface area (Å²) >= 11 is 2.03. The van der Waals surface area contributed by atoms with Crippen LogP contribution in [0.5, 0.6) is 5.75 Å². The lowest BCUT2D eigenvalue weighted by Crippen LogP contribution is -2.24. The molecule has 0 unspecified atom stereocenters. The summed E-state index contributed by atoms with van der Waals surface area (Å²) in [6.45, 7) is 0. The molecule has 1 aromatic carbocycles. The standard InChI is InChI=1S/C12H18N2OS/c1-15-12-7-9(13)6-11(8-12)14-10-2-4-16-5-3-10/h6-8,10,14H,2-5,13H2,1H3. The zero-order valence-electron chi connectivity index (χ0n) is 9.53. The van der Waals surface area contributed by atoms with Gasteiger partial charge in [-0.25, -0.2) is 0 Å². The summed E-state index contributed by atoms with van der Waals surface area (Å²) in [5.41, 5.74) is 7.62. The topological polar surface area (TPSA) is 47.3 Å². The van der Waals surface area contributed by atoms with Crippen LogP contribution in [0.3, 0.4) is 0 Å². The largest absolute Gasteiger partial charge is 0.497 e. The van der Waals surface area contributed by atoms with Crippen molar-refractivity contribution >= 4 is 23.1 Å². The first-order valence-corrected chi connectivity index (χ1v) is 6.72. The lowest BCUT2D eigenvalue weighted by Gasteiger charge is -2.24. The number of thioether (sulfide) groups is 1. The molecule has 0 bridgehead atoms. The summed E-state index contributed by atoms with van der Waals surface area (Å²) in [7, 11) is 1.66. The van der Waals surface area contributed by atoms with E-state index < -0.39 is 0 Å². The number of nitrogens with two attached hydrogens (primary N) is 1. The Morgan fingerprint density at radius 2 is 2.06 bits per heavy atom. The molecule has 1 saturated heterocycles. The number of ether oxygens (including phenoxy) is 1. The lowest BCUT2D eigenvalue weighted by atomic mass is 10.1. The zero-order chi connectivity index (χ0) is 11.4. The second kappa shape index (κ2) is 5.34. The minimum Gasteiger partial charge on any atom is -0.497 e. The average Bonchev–Trinajstić information content (AvgIpc) is 2.29. The minimum atomic E-state index is 0.577. The fraction of sp³-hybridized carbons (Fsp3) is 0.500. The van der Waals surface area contributed by atoms with Crippen molar-refractivity contribution < 1.29 is 4.74 Å². The van der Waals surface area contributed by atoms with Gasteiger partial charge in [-0.1, -0.05) is 0 Å². The molecule has 16 heavy (non-hydrogen) atoms. The van der Waals surface area contributed by atoms with E-state index in [0.717, 1.165) is 17.1 Å². The number of methoxy groups -OCH3 is 1. The van der Waals surface area contributed by atoms with Crippen LogP contribution >= 0.6 is 11.8 Å². The van der Waals surface area contributed by atoms with Gasteiger partial charge in [-0.3, -0.25) is 0 Å². The summed E-state index contributed by atoms with van der Waals surface area (Å²) in [4.78, 5) is 0. The lowest BCUT2D eigenvalue weighted by molar-refractivity contribution is 0.415. The average molecular weight is 238 g/mol. The Hall–Kier alpha value is -1.03. The maximum Gasteiger partial charge on any atom is 0.122 e. The second-order valence-electron chi connectivity index (χ2n) is 4.03. The molecule has 0 saturated carbocycles. The van der Waals surface area contributed by atoms with Gasteiger partial charge in [0.2, 0.25) is 0 Å². The van der Waals surface area contributed by atoms with Gasteiger partial charge < -0.3 is 15.8 Å². The number of rotatable bonds is 3. The van der Waals surface area contributed by atoms with E-state index in [-0.39, 0.29) is 0 Å². The van der Waals surface area contributed by atoms with E-state index in [1.54, 1.807) is 7.11 Å². The molecule has 0 aliphatic carbocycles. The van der Waals surface area contributed by atoms with Gasteiger partial charge in [-0.2, -0.15) is 11.8 Å². The van der Waals surface area contributed by atoms with Crippen LogP contribution in [0.1, 0.15) is 12.8 Å². The van der Waals surface area contributed by atoms with Crippen LogP contribution in [-0.2, 0) is 0 Å². The Kier molecular flexibility index (Phi) is 3.83. The molecule has 0 aromatic heterocycles. The third-order valence-corrected chi connectivity index (χ3v) is 3.81. The molecule has 1 aliphatic rings. The van der Waals surface area contributed by atoms with E-state index >= 15 is 0 Å². The Morgan fingerprint density at radius 1 is 1.31 bits per heavy atom. The van der Waals surface area contributed by atoms with Crippen LogP contribution in [0.2, 0.25) is 0 Å². The predicted octanol–water partition coefficient (Wildman–Crippen LogP) is 2.58. The summed E-state index contributed by atoms with van der Waals surface area (Å²) in [6.07, 6.45) is 2.45. The van der Waals surface area contributed by atoms with Gasteiger partial charge in [-0.05, 0) is 30.4 Å². The van der Waals surface area contributed by atoms with E-state index in [1.165, 1.54) is 24.3 Å². The van der Waals surface area contributed by atoms with Crippen molar-refractivity contribution in [3.05, 3.63) is 18.2 Å². The van der Waals surface area contributed by atoms with Crippen molar-refractivity contribution in [2.24, 2.45) is 0 Å². The Bertz CT molecular complexity index is 351. The van der Waals surface area contributed by atoms with Crippen molar-refractivity contribution in [1.82, 2.24) is 0 Å². The normalized spacial score (nSPS) is 17.1. The van der Waals surface area contributed by atoms with E-state index in [2.05, 4.69) is 5.32 Å².